The topological polar surface area (TPSA) is 107 Å². The number of rotatable bonds is 7. The molecule has 38 heavy (non-hydrogen) atoms. The lowest BCUT2D eigenvalue weighted by molar-refractivity contribution is 0.206. The summed E-state index contributed by atoms with van der Waals surface area (Å²) in [5.41, 5.74) is 3.68. The number of fused-ring (bicyclic) bond motifs is 1. The van der Waals surface area contributed by atoms with Gasteiger partial charge >= 0.3 is 6.09 Å². The first-order valence-corrected chi connectivity index (χ1v) is 14.4. The number of benzene rings is 2. The first kappa shape index (κ1) is 26.3. The molecule has 1 fully saturated rings. The molecule has 2 aromatic carbocycles. The minimum Gasteiger partial charge on any atom is -0.464 e. The molecule has 9 nitrogen and oxygen atoms in total. The minimum absolute atomic E-state index is 0.00261. The number of hydrogen-bond donors (Lipinski definition) is 1. The Balaban J connectivity index is 1.36. The van der Waals surface area contributed by atoms with Gasteiger partial charge in [0.2, 0.25) is 0 Å². The zero-order valence-electron chi connectivity index (χ0n) is 20.2. The van der Waals surface area contributed by atoms with Crippen LogP contribution in [-0.2, 0) is 16.6 Å². The highest BCUT2D eigenvalue weighted by molar-refractivity contribution is 7.93. The minimum atomic E-state index is -4.81. The monoisotopic (exact) mass is 575 g/mol. The van der Waals surface area contributed by atoms with Gasteiger partial charge in [-0.25, -0.2) is 22.6 Å². The number of amides is 1. The van der Waals surface area contributed by atoms with Crippen LogP contribution in [0.25, 0.3) is 10.9 Å². The van der Waals surface area contributed by atoms with E-state index in [9.17, 15) is 18.3 Å². The smallest absolute Gasteiger partial charge is 0.427 e. The summed E-state index contributed by atoms with van der Waals surface area (Å²) in [6.07, 6.45) is 0.767. The Morgan fingerprint density at radius 1 is 1.26 bits per heavy atom. The summed E-state index contributed by atoms with van der Waals surface area (Å²) in [7, 11) is -3.03. The Bertz CT molecular complexity index is 1600. The molecule has 0 aliphatic carbocycles. The Morgan fingerprint density at radius 2 is 2.05 bits per heavy atom. The van der Waals surface area contributed by atoms with E-state index in [-0.39, 0.29) is 21.2 Å². The number of aromatic nitrogens is 2. The number of carboxylic acid groups (broad SMARTS) is 1. The van der Waals surface area contributed by atoms with Crippen LogP contribution in [0.1, 0.15) is 12.0 Å². The quantitative estimate of drug-likeness (QED) is 0.326. The van der Waals surface area contributed by atoms with E-state index in [2.05, 4.69) is 20.9 Å². The molecule has 1 atom stereocenters. The van der Waals surface area contributed by atoms with Crippen LogP contribution in [0.3, 0.4) is 0 Å². The molecule has 1 aliphatic rings. The van der Waals surface area contributed by atoms with Crippen LogP contribution in [0.4, 0.5) is 20.7 Å². The maximum absolute atomic E-state index is 15.2. The van der Waals surface area contributed by atoms with E-state index < -0.39 is 26.8 Å². The molecule has 3 heterocycles. The van der Waals surface area contributed by atoms with Gasteiger partial charge in [-0.2, -0.15) is 0 Å². The van der Waals surface area contributed by atoms with E-state index in [1.54, 1.807) is 13.2 Å². The second-order valence-electron chi connectivity index (χ2n) is 8.91. The summed E-state index contributed by atoms with van der Waals surface area (Å²) in [5.74, 6) is -1.44. The van der Waals surface area contributed by atoms with Crippen LogP contribution < -0.4 is 9.21 Å². The maximum atomic E-state index is 15.2. The van der Waals surface area contributed by atoms with Crippen molar-refractivity contribution in [2.45, 2.75) is 23.9 Å². The standard InChI is InChI=1S/C25H23ClFN5O4S2/c1-30(18-7-9-31(13-18)12-17-5-2-4-16-6-3-8-28-24(16)17)21-11-20(27)22(10-19(21)26)38(35,36)32(25(33)34)23-14-37-15-29-23/h2-6,8,10-11,14-15,18H,7,9,12-13H2,1H3,(H,33,34)/t18-/m0/s1. The summed E-state index contributed by atoms with van der Waals surface area (Å²) >= 11 is 7.46. The first-order chi connectivity index (χ1) is 18.2. The van der Waals surface area contributed by atoms with Crippen molar-refractivity contribution in [2.24, 2.45) is 0 Å². The maximum Gasteiger partial charge on any atom is 0.427 e. The molecule has 1 amide bonds. The highest BCUT2D eigenvalue weighted by atomic mass is 35.5. The predicted octanol–water partition coefficient (Wildman–Crippen LogP) is 5.07. The van der Waals surface area contributed by atoms with Crippen molar-refractivity contribution in [1.82, 2.24) is 14.9 Å². The van der Waals surface area contributed by atoms with Gasteiger partial charge in [0.1, 0.15) is 10.7 Å². The van der Waals surface area contributed by atoms with Crippen molar-refractivity contribution >= 4 is 61.5 Å². The molecular weight excluding hydrogens is 553 g/mol. The number of para-hydroxylation sites is 1. The molecule has 0 unspecified atom stereocenters. The molecule has 1 saturated heterocycles. The van der Waals surface area contributed by atoms with Gasteiger partial charge in [0, 0.05) is 55.8 Å². The van der Waals surface area contributed by atoms with Crippen LogP contribution >= 0.6 is 22.9 Å². The third-order valence-corrected chi connectivity index (χ3v) is 9.18. The molecule has 4 aromatic rings. The Kier molecular flexibility index (Phi) is 7.23. The normalized spacial score (nSPS) is 16.1. The van der Waals surface area contributed by atoms with Crippen molar-refractivity contribution in [2.75, 3.05) is 29.3 Å². The third-order valence-electron chi connectivity index (χ3n) is 6.61. The summed E-state index contributed by atoms with van der Waals surface area (Å²) in [6.45, 7) is 2.21. The highest BCUT2D eigenvalue weighted by Crippen LogP contribution is 2.35. The number of nitrogens with zero attached hydrogens (tertiary/aromatic N) is 5. The fourth-order valence-corrected chi connectivity index (χ4v) is 6.99. The molecule has 0 bridgehead atoms. The second kappa shape index (κ2) is 10.4. The Morgan fingerprint density at radius 3 is 2.79 bits per heavy atom. The summed E-state index contributed by atoms with van der Waals surface area (Å²) in [5, 5.41) is 11.8. The molecule has 198 valence electrons. The molecule has 0 spiro atoms. The number of hydrogen-bond acceptors (Lipinski definition) is 8. The van der Waals surface area contributed by atoms with E-state index >= 15 is 4.39 Å². The summed E-state index contributed by atoms with van der Waals surface area (Å²) in [6, 6.07) is 12.0. The van der Waals surface area contributed by atoms with Crippen molar-refractivity contribution in [1.29, 1.82) is 0 Å². The summed E-state index contributed by atoms with van der Waals surface area (Å²) < 4.78 is 41.4. The van der Waals surface area contributed by atoms with Crippen LogP contribution in [0.15, 0.2) is 64.4 Å². The van der Waals surface area contributed by atoms with Crippen molar-refractivity contribution < 1.29 is 22.7 Å². The average Bonchev–Trinajstić information content (AvgIpc) is 3.57. The van der Waals surface area contributed by atoms with E-state index in [0.29, 0.717) is 18.8 Å². The van der Waals surface area contributed by atoms with Crippen LogP contribution in [0.5, 0.6) is 0 Å². The lowest BCUT2D eigenvalue weighted by Crippen LogP contribution is -2.37. The number of anilines is 2. The SMILES string of the molecule is CN(c1cc(F)c(S(=O)(=O)N(C(=O)O)c2cscn2)cc1Cl)[C@H]1CCN(Cc2cccc3cccnc23)C1. The molecular formula is C25H23ClFN5O4S2. The fraction of sp³-hybridized carbons (Fsp3) is 0.240. The van der Waals surface area contributed by atoms with E-state index in [0.717, 1.165) is 52.9 Å². The average molecular weight is 576 g/mol. The van der Waals surface area contributed by atoms with Gasteiger partial charge in [-0.15, -0.1) is 15.6 Å². The van der Waals surface area contributed by atoms with Gasteiger partial charge in [0.05, 0.1) is 21.7 Å². The molecule has 1 aliphatic heterocycles. The van der Waals surface area contributed by atoms with Gasteiger partial charge in [0.15, 0.2) is 5.82 Å². The molecule has 2 aromatic heterocycles. The lowest BCUT2D eigenvalue weighted by atomic mass is 10.1. The van der Waals surface area contributed by atoms with Gasteiger partial charge in [-0.05, 0) is 24.1 Å². The molecule has 5 rings (SSSR count). The van der Waals surface area contributed by atoms with Gasteiger partial charge in [-0.3, -0.25) is 9.88 Å². The largest absolute Gasteiger partial charge is 0.464 e. The number of sulfonamides is 1. The van der Waals surface area contributed by atoms with E-state index in [1.165, 1.54) is 10.9 Å². The summed E-state index contributed by atoms with van der Waals surface area (Å²) in [4.78, 5) is 23.3. The zero-order chi connectivity index (χ0) is 27.0. The van der Waals surface area contributed by atoms with Crippen LogP contribution in [0, 0.1) is 5.82 Å². The number of likely N-dealkylation sites (N-methyl/N-ethyl adjacent to an activating group) is 1. The van der Waals surface area contributed by atoms with Gasteiger partial charge in [-0.1, -0.05) is 35.9 Å². The highest BCUT2D eigenvalue weighted by Gasteiger charge is 2.36. The second-order valence-corrected chi connectivity index (χ2v) is 11.8. The number of likely N-dealkylation sites (tertiary alicyclic amines) is 1. The van der Waals surface area contributed by atoms with Crippen molar-refractivity contribution in [3.8, 4) is 0 Å². The number of pyridine rings is 1. The third kappa shape index (κ3) is 4.92. The zero-order valence-corrected chi connectivity index (χ0v) is 22.5. The van der Waals surface area contributed by atoms with Crippen LogP contribution in [0.2, 0.25) is 5.02 Å². The number of thiazole rings is 1. The Labute approximate surface area is 227 Å². The molecule has 13 heteroatoms. The lowest BCUT2D eigenvalue weighted by Gasteiger charge is -2.28. The number of halogens is 2. The van der Waals surface area contributed by atoms with Gasteiger partial charge < -0.3 is 10.0 Å². The predicted molar refractivity (Wildman–Crippen MR) is 145 cm³/mol. The molecule has 0 radical (unpaired) electrons. The first-order valence-electron chi connectivity index (χ1n) is 11.6. The molecule has 0 saturated carbocycles. The molecule has 1 N–H and O–H groups in total. The van der Waals surface area contributed by atoms with Gasteiger partial charge in [0.25, 0.3) is 10.0 Å². The number of carbonyl (C=O) groups is 1. The van der Waals surface area contributed by atoms with Crippen LogP contribution in [-0.4, -0.2) is 60.7 Å². The van der Waals surface area contributed by atoms with E-state index in [4.69, 9.17) is 11.6 Å². The van der Waals surface area contributed by atoms with E-state index in [1.807, 2.05) is 29.2 Å². The van der Waals surface area contributed by atoms with Crippen molar-refractivity contribution in [3.05, 3.63) is 76.0 Å². The van der Waals surface area contributed by atoms with Crippen molar-refractivity contribution in [3.63, 3.8) is 0 Å². The Hall–Kier alpha value is -3.32. The fourth-order valence-electron chi connectivity index (χ4n) is 4.72.